The lowest BCUT2D eigenvalue weighted by molar-refractivity contribution is -0.206. The number of rotatable bonds is 8. The number of piperidine rings is 1. The predicted octanol–water partition coefficient (Wildman–Crippen LogP) is 4.63. The zero-order valence-corrected chi connectivity index (χ0v) is 21.7. The maximum Gasteiger partial charge on any atom is 0.490 e. The van der Waals surface area contributed by atoms with Crippen LogP contribution in [-0.4, -0.2) is 68.0 Å². The van der Waals surface area contributed by atoms with Gasteiger partial charge in [0.2, 0.25) is 5.91 Å². The minimum Gasteiger partial charge on any atom is -0.495 e. The lowest BCUT2D eigenvalue weighted by Gasteiger charge is -2.39. The van der Waals surface area contributed by atoms with Gasteiger partial charge in [0, 0.05) is 51.9 Å². The number of fused-ring (bicyclic) bond motifs is 1. The SMILES string of the molecule is COc1cc(OC[C@H](CN2CCC3(CC2)Cc2ccccc2O3)OC(=O)C(F)(F)F)c(NC(C)=O)cc1Cl. The fraction of sp³-hybridized carbons (Fsp3) is 0.462. The molecule has 2 heterocycles. The van der Waals surface area contributed by atoms with Crippen molar-refractivity contribution in [3.05, 3.63) is 47.0 Å². The standard InChI is InChI=1S/C26H28ClF3N2O6/c1-16(33)31-20-11-19(27)22(35-2)12-23(20)36-15-18(37-24(34)26(28,29)30)14-32-9-7-25(8-10-32)13-17-5-3-4-6-21(17)38-25/h3-6,11-12,18H,7-10,13-15H2,1-2H3,(H,31,33)/t18-/m0/s1. The van der Waals surface area contributed by atoms with Gasteiger partial charge in [-0.2, -0.15) is 13.2 Å². The summed E-state index contributed by atoms with van der Waals surface area (Å²) >= 11 is 6.13. The minimum absolute atomic E-state index is 0.0189. The normalized spacial score (nSPS) is 17.3. The van der Waals surface area contributed by atoms with Crippen molar-refractivity contribution in [2.75, 3.05) is 38.7 Å². The van der Waals surface area contributed by atoms with Crippen molar-refractivity contribution in [1.82, 2.24) is 4.90 Å². The summed E-state index contributed by atoms with van der Waals surface area (Å²) in [6.07, 6.45) is -4.28. The van der Waals surface area contributed by atoms with E-state index in [0.717, 1.165) is 17.7 Å². The van der Waals surface area contributed by atoms with Gasteiger partial charge in [0.15, 0.2) is 0 Å². The van der Waals surface area contributed by atoms with Crippen LogP contribution in [0.25, 0.3) is 0 Å². The average Bonchev–Trinajstić information content (AvgIpc) is 3.21. The molecule has 0 unspecified atom stereocenters. The molecular weight excluding hydrogens is 529 g/mol. The first kappa shape index (κ1) is 27.8. The number of methoxy groups -OCH3 is 1. The van der Waals surface area contributed by atoms with E-state index in [0.29, 0.717) is 25.9 Å². The lowest BCUT2D eigenvalue weighted by atomic mass is 9.87. The molecule has 0 bridgehead atoms. The number of hydrogen-bond acceptors (Lipinski definition) is 7. The number of nitrogens with zero attached hydrogens (tertiary/aromatic N) is 1. The molecule has 2 aromatic carbocycles. The van der Waals surface area contributed by atoms with Gasteiger partial charge in [-0.25, -0.2) is 4.79 Å². The number of para-hydroxylation sites is 1. The molecule has 4 rings (SSSR count). The number of carbonyl (C=O) groups is 2. The van der Waals surface area contributed by atoms with E-state index in [9.17, 15) is 22.8 Å². The van der Waals surface area contributed by atoms with Crippen LogP contribution in [0.4, 0.5) is 18.9 Å². The zero-order valence-electron chi connectivity index (χ0n) is 20.9. The molecule has 1 saturated heterocycles. The molecule has 1 amide bonds. The number of ether oxygens (including phenoxy) is 4. The summed E-state index contributed by atoms with van der Waals surface area (Å²) in [5.74, 6) is -1.51. The maximum absolute atomic E-state index is 13.0. The minimum atomic E-state index is -5.15. The first-order valence-corrected chi connectivity index (χ1v) is 12.4. The Morgan fingerprint density at radius 3 is 2.53 bits per heavy atom. The van der Waals surface area contributed by atoms with Crippen LogP contribution >= 0.6 is 11.6 Å². The summed E-state index contributed by atoms with van der Waals surface area (Å²) in [7, 11) is 1.38. The third-order valence-corrected chi connectivity index (χ3v) is 6.83. The van der Waals surface area contributed by atoms with Crippen molar-refractivity contribution in [2.45, 2.75) is 44.1 Å². The van der Waals surface area contributed by atoms with E-state index < -0.39 is 30.8 Å². The molecule has 2 aliphatic rings. The summed E-state index contributed by atoms with van der Waals surface area (Å²) in [5.41, 5.74) is 0.990. The molecule has 0 aliphatic carbocycles. The molecule has 1 fully saturated rings. The summed E-state index contributed by atoms with van der Waals surface area (Å²) in [5, 5.41) is 2.75. The number of amides is 1. The Morgan fingerprint density at radius 1 is 1.18 bits per heavy atom. The van der Waals surface area contributed by atoms with E-state index in [1.165, 1.54) is 26.2 Å². The summed E-state index contributed by atoms with van der Waals surface area (Å²) in [6, 6.07) is 10.6. The van der Waals surface area contributed by atoms with Crippen molar-refractivity contribution in [3.63, 3.8) is 0 Å². The van der Waals surface area contributed by atoms with Crippen molar-refractivity contribution in [2.24, 2.45) is 0 Å². The molecule has 1 spiro atoms. The van der Waals surface area contributed by atoms with Gasteiger partial charge in [-0.05, 0) is 17.7 Å². The van der Waals surface area contributed by atoms with E-state index in [1.807, 2.05) is 29.2 Å². The highest BCUT2D eigenvalue weighted by atomic mass is 35.5. The average molecular weight is 557 g/mol. The van der Waals surface area contributed by atoms with Gasteiger partial charge in [0.05, 0.1) is 17.8 Å². The lowest BCUT2D eigenvalue weighted by Crippen LogP contribution is -2.50. The van der Waals surface area contributed by atoms with Crippen LogP contribution in [-0.2, 0) is 20.7 Å². The Bertz CT molecular complexity index is 1160. The Balaban J connectivity index is 1.44. The number of likely N-dealkylation sites (tertiary alicyclic amines) is 1. The molecule has 1 N–H and O–H groups in total. The molecular formula is C26H28ClF3N2O6. The van der Waals surface area contributed by atoms with Gasteiger partial charge in [-0.3, -0.25) is 9.69 Å². The molecule has 12 heteroatoms. The number of alkyl halides is 3. The monoisotopic (exact) mass is 556 g/mol. The molecule has 0 saturated carbocycles. The van der Waals surface area contributed by atoms with Crippen LogP contribution in [0.2, 0.25) is 5.02 Å². The molecule has 206 valence electrons. The Kier molecular flexibility index (Phi) is 8.27. The number of carbonyl (C=O) groups excluding carboxylic acids is 2. The first-order chi connectivity index (χ1) is 18.0. The van der Waals surface area contributed by atoms with E-state index in [4.69, 9.17) is 30.5 Å². The van der Waals surface area contributed by atoms with Crippen molar-refractivity contribution in [3.8, 4) is 17.2 Å². The van der Waals surface area contributed by atoms with Crippen LogP contribution in [0.1, 0.15) is 25.3 Å². The second kappa shape index (κ2) is 11.3. The number of esters is 1. The predicted molar refractivity (Wildman–Crippen MR) is 133 cm³/mol. The number of benzene rings is 2. The Morgan fingerprint density at radius 2 is 1.89 bits per heavy atom. The molecule has 1 atom stereocenters. The van der Waals surface area contributed by atoms with Crippen LogP contribution in [0.15, 0.2) is 36.4 Å². The summed E-state index contributed by atoms with van der Waals surface area (Å²) < 4.78 is 61.0. The second-order valence-electron chi connectivity index (χ2n) is 9.37. The fourth-order valence-corrected chi connectivity index (χ4v) is 4.94. The summed E-state index contributed by atoms with van der Waals surface area (Å²) in [4.78, 5) is 25.2. The van der Waals surface area contributed by atoms with Gasteiger partial charge in [0.1, 0.15) is 35.6 Å². The molecule has 2 aromatic rings. The highest BCUT2D eigenvalue weighted by Gasteiger charge is 2.44. The number of nitrogens with one attached hydrogen (secondary N) is 1. The van der Waals surface area contributed by atoms with Gasteiger partial charge in [-0.1, -0.05) is 29.8 Å². The topological polar surface area (TPSA) is 86.3 Å². The van der Waals surface area contributed by atoms with Gasteiger partial charge < -0.3 is 24.3 Å². The van der Waals surface area contributed by atoms with Gasteiger partial charge >= 0.3 is 12.1 Å². The van der Waals surface area contributed by atoms with Crippen LogP contribution < -0.4 is 19.5 Å². The first-order valence-electron chi connectivity index (χ1n) is 12.0. The smallest absolute Gasteiger partial charge is 0.490 e. The number of anilines is 1. The Labute approximate surface area is 222 Å². The number of halogens is 4. The van der Waals surface area contributed by atoms with Crippen molar-refractivity contribution < 1.29 is 41.7 Å². The van der Waals surface area contributed by atoms with Crippen molar-refractivity contribution in [1.29, 1.82) is 0 Å². The third kappa shape index (κ3) is 6.63. The van der Waals surface area contributed by atoms with Gasteiger partial charge in [0.25, 0.3) is 0 Å². The van der Waals surface area contributed by atoms with Crippen LogP contribution in [0.3, 0.4) is 0 Å². The largest absolute Gasteiger partial charge is 0.495 e. The van der Waals surface area contributed by atoms with Crippen LogP contribution in [0, 0.1) is 0 Å². The highest BCUT2D eigenvalue weighted by Crippen LogP contribution is 2.41. The van der Waals surface area contributed by atoms with E-state index in [2.05, 4.69) is 5.32 Å². The Hall–Kier alpha value is -3.18. The van der Waals surface area contributed by atoms with Crippen LogP contribution in [0.5, 0.6) is 17.2 Å². The molecule has 8 nitrogen and oxygen atoms in total. The molecule has 0 radical (unpaired) electrons. The fourth-order valence-electron chi connectivity index (χ4n) is 4.70. The third-order valence-electron chi connectivity index (χ3n) is 6.54. The number of hydrogen-bond donors (Lipinski definition) is 1. The van der Waals surface area contributed by atoms with E-state index in [-0.39, 0.29) is 34.4 Å². The van der Waals surface area contributed by atoms with E-state index >= 15 is 0 Å². The van der Waals surface area contributed by atoms with Crippen molar-refractivity contribution >= 4 is 29.2 Å². The highest BCUT2D eigenvalue weighted by molar-refractivity contribution is 6.32. The molecule has 38 heavy (non-hydrogen) atoms. The van der Waals surface area contributed by atoms with Gasteiger partial charge in [-0.15, -0.1) is 0 Å². The quantitative estimate of drug-likeness (QED) is 0.475. The molecule has 2 aliphatic heterocycles. The summed E-state index contributed by atoms with van der Waals surface area (Å²) in [6.45, 7) is 1.99. The second-order valence-corrected chi connectivity index (χ2v) is 9.78. The maximum atomic E-state index is 13.0. The molecule has 0 aromatic heterocycles. The zero-order chi connectivity index (χ0) is 27.5. The van der Waals surface area contributed by atoms with E-state index in [1.54, 1.807) is 0 Å².